The molecule has 1 heterocycles. The van der Waals surface area contributed by atoms with Crippen molar-refractivity contribution in [1.82, 2.24) is 14.9 Å². The maximum atomic E-state index is 12.0. The van der Waals surface area contributed by atoms with Gasteiger partial charge in [-0.2, -0.15) is 5.10 Å². The van der Waals surface area contributed by atoms with Gasteiger partial charge in [-0.3, -0.25) is 15.2 Å². The van der Waals surface area contributed by atoms with Gasteiger partial charge in [0.2, 0.25) is 10.0 Å². The molecule has 0 unspecified atom stereocenters. The lowest BCUT2D eigenvalue weighted by molar-refractivity contribution is -0.385. The number of non-ortho nitro benzene ring substituents is 1. The number of nitrogens with zero attached hydrogens (tertiary/aromatic N) is 2. The third kappa shape index (κ3) is 2.92. The minimum Gasteiger partial charge on any atom is -0.384 e. The molecule has 2 aromatic rings. The van der Waals surface area contributed by atoms with Crippen LogP contribution in [0.5, 0.6) is 0 Å². The van der Waals surface area contributed by atoms with Crippen LogP contribution >= 0.6 is 0 Å². The average Bonchev–Trinajstić information content (AvgIpc) is 2.82. The highest BCUT2D eigenvalue weighted by molar-refractivity contribution is 7.89. The summed E-state index contributed by atoms with van der Waals surface area (Å²) in [7, 11) is -3.86. The van der Waals surface area contributed by atoms with Crippen molar-refractivity contribution in [2.75, 3.05) is 5.73 Å². The summed E-state index contributed by atoms with van der Waals surface area (Å²) >= 11 is 0. The second-order valence-electron chi connectivity index (χ2n) is 3.89. The summed E-state index contributed by atoms with van der Waals surface area (Å²) < 4.78 is 26.3. The third-order valence-corrected chi connectivity index (χ3v) is 3.94. The lowest BCUT2D eigenvalue weighted by Gasteiger charge is -2.05. The maximum absolute atomic E-state index is 12.0. The van der Waals surface area contributed by atoms with Gasteiger partial charge in [0.1, 0.15) is 5.82 Å². The molecule has 9 nitrogen and oxygen atoms in total. The molecule has 20 heavy (non-hydrogen) atoms. The van der Waals surface area contributed by atoms with Crippen molar-refractivity contribution in [3.8, 4) is 0 Å². The van der Waals surface area contributed by atoms with E-state index >= 15 is 0 Å². The fourth-order valence-electron chi connectivity index (χ4n) is 1.48. The van der Waals surface area contributed by atoms with Crippen molar-refractivity contribution in [2.24, 2.45) is 0 Å². The Balaban J connectivity index is 2.20. The van der Waals surface area contributed by atoms with E-state index in [1.54, 1.807) is 0 Å². The Morgan fingerprint density at radius 2 is 2.20 bits per heavy atom. The molecule has 1 aromatic heterocycles. The summed E-state index contributed by atoms with van der Waals surface area (Å²) in [6, 6.07) is 4.78. The Hall–Kier alpha value is -2.46. The Kier molecular flexibility index (Phi) is 3.68. The van der Waals surface area contributed by atoms with Crippen molar-refractivity contribution in [3.05, 3.63) is 46.1 Å². The summed E-state index contributed by atoms with van der Waals surface area (Å²) in [5.41, 5.74) is 5.72. The van der Waals surface area contributed by atoms with Crippen molar-refractivity contribution in [1.29, 1.82) is 0 Å². The minimum absolute atomic E-state index is 0.0621. The van der Waals surface area contributed by atoms with Gasteiger partial charge in [-0.25, -0.2) is 13.1 Å². The number of sulfonamides is 1. The predicted octanol–water partition coefficient (Wildman–Crippen LogP) is 0.379. The van der Waals surface area contributed by atoms with Crippen LogP contribution in [0.3, 0.4) is 0 Å². The van der Waals surface area contributed by atoms with E-state index in [-0.39, 0.29) is 22.9 Å². The maximum Gasteiger partial charge on any atom is 0.270 e. The minimum atomic E-state index is -3.86. The van der Waals surface area contributed by atoms with Crippen molar-refractivity contribution in [3.63, 3.8) is 0 Å². The van der Waals surface area contributed by atoms with Crippen LogP contribution in [0, 0.1) is 10.1 Å². The van der Waals surface area contributed by atoms with E-state index in [2.05, 4.69) is 14.9 Å². The Morgan fingerprint density at radius 3 is 2.80 bits per heavy atom. The number of nitro groups is 1. The highest BCUT2D eigenvalue weighted by Crippen LogP contribution is 2.17. The molecule has 0 aliphatic heterocycles. The van der Waals surface area contributed by atoms with Crippen LogP contribution in [0.2, 0.25) is 0 Å². The number of nitrogens with two attached hydrogens (primary N) is 1. The SMILES string of the molecule is Nc1[nH]ncc1CNS(=O)(=O)c1cccc([N+](=O)[O-])c1. The molecule has 0 amide bonds. The van der Waals surface area contributed by atoms with E-state index in [9.17, 15) is 18.5 Å². The van der Waals surface area contributed by atoms with Gasteiger partial charge in [-0.15, -0.1) is 0 Å². The van der Waals surface area contributed by atoms with Crippen LogP contribution in [-0.2, 0) is 16.6 Å². The quantitative estimate of drug-likeness (QED) is 0.537. The molecule has 0 aliphatic rings. The topological polar surface area (TPSA) is 144 Å². The molecule has 0 saturated heterocycles. The fourth-order valence-corrected chi connectivity index (χ4v) is 2.53. The van der Waals surface area contributed by atoms with E-state index in [0.29, 0.717) is 5.56 Å². The van der Waals surface area contributed by atoms with Gasteiger partial charge in [-0.05, 0) is 6.07 Å². The van der Waals surface area contributed by atoms with Crippen LogP contribution in [0.25, 0.3) is 0 Å². The molecule has 0 fully saturated rings. The zero-order valence-corrected chi connectivity index (χ0v) is 10.9. The van der Waals surface area contributed by atoms with Crippen LogP contribution in [0.1, 0.15) is 5.56 Å². The van der Waals surface area contributed by atoms with Gasteiger partial charge in [0.05, 0.1) is 16.0 Å². The van der Waals surface area contributed by atoms with Crippen molar-refractivity contribution >= 4 is 21.5 Å². The van der Waals surface area contributed by atoms with Crippen molar-refractivity contribution < 1.29 is 13.3 Å². The number of nitrogens with one attached hydrogen (secondary N) is 2. The fraction of sp³-hybridized carbons (Fsp3) is 0.100. The number of hydrogen-bond donors (Lipinski definition) is 3. The van der Waals surface area contributed by atoms with E-state index in [0.717, 1.165) is 6.07 Å². The van der Waals surface area contributed by atoms with Gasteiger partial charge in [0.25, 0.3) is 5.69 Å². The normalized spacial score (nSPS) is 11.4. The molecular formula is C10H11N5O4S. The molecule has 1 aromatic carbocycles. The standard InChI is InChI=1S/C10H11N5O4S/c11-10-7(5-12-14-10)6-13-20(18,19)9-3-1-2-8(4-9)15(16)17/h1-5,13H,6H2,(H3,11,12,14). The molecule has 4 N–H and O–H groups in total. The third-order valence-electron chi connectivity index (χ3n) is 2.54. The zero-order chi connectivity index (χ0) is 14.8. The molecule has 106 valence electrons. The number of H-pyrrole nitrogens is 1. The average molecular weight is 297 g/mol. The number of rotatable bonds is 5. The first-order valence-electron chi connectivity index (χ1n) is 5.42. The number of hydrogen-bond acceptors (Lipinski definition) is 6. The largest absolute Gasteiger partial charge is 0.384 e. The molecule has 0 radical (unpaired) electrons. The highest BCUT2D eigenvalue weighted by Gasteiger charge is 2.17. The van der Waals surface area contributed by atoms with E-state index < -0.39 is 14.9 Å². The van der Waals surface area contributed by atoms with Gasteiger partial charge < -0.3 is 5.73 Å². The number of nitro benzene ring substituents is 1. The van der Waals surface area contributed by atoms with E-state index in [4.69, 9.17) is 5.73 Å². The second-order valence-corrected chi connectivity index (χ2v) is 5.65. The number of benzene rings is 1. The molecule has 2 rings (SSSR count). The Morgan fingerprint density at radius 1 is 1.45 bits per heavy atom. The Bertz CT molecular complexity index is 740. The summed E-state index contributed by atoms with van der Waals surface area (Å²) in [4.78, 5) is 9.78. The van der Waals surface area contributed by atoms with E-state index in [1.807, 2.05) is 0 Å². The summed E-state index contributed by atoms with van der Waals surface area (Å²) in [5, 5.41) is 16.8. The van der Waals surface area contributed by atoms with Crippen LogP contribution < -0.4 is 10.5 Å². The van der Waals surface area contributed by atoms with Gasteiger partial charge in [-0.1, -0.05) is 6.07 Å². The van der Waals surface area contributed by atoms with Crippen LogP contribution in [0.15, 0.2) is 35.4 Å². The Labute approximate surface area is 114 Å². The first-order valence-corrected chi connectivity index (χ1v) is 6.90. The van der Waals surface area contributed by atoms with Crippen LogP contribution in [-0.4, -0.2) is 23.5 Å². The number of nitrogen functional groups attached to an aromatic ring is 1. The molecule has 10 heteroatoms. The second kappa shape index (κ2) is 5.27. The number of aromatic amines is 1. The smallest absolute Gasteiger partial charge is 0.270 e. The summed E-state index contributed by atoms with van der Waals surface area (Å²) in [6.07, 6.45) is 1.39. The van der Waals surface area contributed by atoms with Gasteiger partial charge >= 0.3 is 0 Å². The van der Waals surface area contributed by atoms with Gasteiger partial charge in [0, 0.05) is 24.2 Å². The monoisotopic (exact) mass is 297 g/mol. The summed E-state index contributed by atoms with van der Waals surface area (Å²) in [5.74, 6) is 0.256. The first kappa shape index (κ1) is 14.0. The summed E-state index contributed by atoms with van der Waals surface area (Å²) in [6.45, 7) is -0.0621. The molecule has 0 bridgehead atoms. The molecule has 0 atom stereocenters. The molecule has 0 saturated carbocycles. The van der Waals surface area contributed by atoms with E-state index in [1.165, 1.54) is 24.4 Å². The van der Waals surface area contributed by atoms with Crippen molar-refractivity contribution in [2.45, 2.75) is 11.4 Å². The van der Waals surface area contributed by atoms with Crippen LogP contribution in [0.4, 0.5) is 11.5 Å². The number of anilines is 1. The lowest BCUT2D eigenvalue weighted by atomic mass is 10.3. The molecular weight excluding hydrogens is 286 g/mol. The zero-order valence-electron chi connectivity index (χ0n) is 10.1. The highest BCUT2D eigenvalue weighted by atomic mass is 32.2. The number of aromatic nitrogens is 2. The first-order chi connectivity index (χ1) is 9.40. The lowest BCUT2D eigenvalue weighted by Crippen LogP contribution is -2.23. The molecule has 0 spiro atoms. The predicted molar refractivity (Wildman–Crippen MR) is 70.1 cm³/mol. The molecule has 0 aliphatic carbocycles. The van der Waals surface area contributed by atoms with Gasteiger partial charge in [0.15, 0.2) is 0 Å².